The molecule has 11 heteroatoms. The molecule has 0 atom stereocenters. The molecule has 0 aliphatic heterocycles. The number of rotatable bonds is 0. The summed E-state index contributed by atoms with van der Waals surface area (Å²) in [5.41, 5.74) is 0. The van der Waals surface area contributed by atoms with E-state index in [1.165, 1.54) is 0 Å². The zero-order valence-electron chi connectivity index (χ0n) is 6.43. The Kier molecular flexibility index (Phi) is 3.61. The van der Waals surface area contributed by atoms with Gasteiger partial charge in [0.2, 0.25) is 0 Å². The molecule has 0 spiro atoms. The van der Waals surface area contributed by atoms with Crippen LogP contribution in [0.5, 0.6) is 0 Å². The number of alkyl halides is 9. The topological polar surface area (TPSA) is 0 Å². The van der Waals surface area contributed by atoms with Crippen molar-refractivity contribution in [1.29, 1.82) is 0 Å². The van der Waals surface area contributed by atoms with E-state index in [2.05, 4.69) is 0 Å². The third-order valence-electron chi connectivity index (χ3n) is 1.67. The third-order valence-corrected chi connectivity index (χ3v) is 2.48. The van der Waals surface area contributed by atoms with Gasteiger partial charge in [-0.2, -0.15) is 0 Å². The monoisotopic (exact) mass is 305 g/mol. The zero-order valence-corrected chi connectivity index (χ0v) is 8.30. The fourth-order valence-electron chi connectivity index (χ4n) is 0.776. The van der Waals surface area contributed by atoms with E-state index in [9.17, 15) is 39.5 Å². The van der Waals surface area contributed by atoms with Crippen LogP contribution < -0.4 is 0 Å². The summed E-state index contributed by atoms with van der Waals surface area (Å²) in [5.74, 6) is 0. The van der Waals surface area contributed by atoms with Gasteiger partial charge in [0, 0.05) is 0 Å². The van der Waals surface area contributed by atoms with E-state index in [4.69, 9.17) is 0 Å². The Balaban J connectivity index is 5.93. The quantitative estimate of drug-likeness (QED) is 0.476. The van der Waals surface area contributed by atoms with Crippen LogP contribution in [-0.4, -0.2) is 40.6 Å². The molecule has 0 aliphatic rings. The number of hydrogen-bond acceptors (Lipinski definition) is 0. The van der Waals surface area contributed by atoms with Gasteiger partial charge in [-0.25, -0.2) is 0 Å². The third kappa shape index (κ3) is 2.15. The van der Waals surface area contributed by atoms with Crippen molar-refractivity contribution < 1.29 is 39.5 Å². The van der Waals surface area contributed by atoms with Crippen LogP contribution in [0.2, 0.25) is 0 Å². The second-order valence-corrected chi connectivity index (χ2v) is 3.16. The molecule has 15 heavy (non-hydrogen) atoms. The summed E-state index contributed by atoms with van der Waals surface area (Å²) < 4.78 is 107. The van der Waals surface area contributed by atoms with E-state index in [0.29, 0.717) is 16.2 Å². The van der Waals surface area contributed by atoms with Crippen molar-refractivity contribution in [3.63, 3.8) is 0 Å². The minimum atomic E-state index is -6.70. The van der Waals surface area contributed by atoms with Gasteiger partial charge in [-0.3, -0.25) is 0 Å². The van der Waals surface area contributed by atoms with Gasteiger partial charge < -0.3 is 0 Å². The van der Waals surface area contributed by atoms with Gasteiger partial charge in [-0.1, -0.05) is 0 Å². The van der Waals surface area contributed by atoms with E-state index in [0.717, 1.165) is 0 Å². The molecule has 0 aromatic rings. The van der Waals surface area contributed by atoms with Crippen LogP contribution >= 0.6 is 0 Å². The van der Waals surface area contributed by atoms with Crippen molar-refractivity contribution in [2.24, 2.45) is 0 Å². The molecular weight excluding hydrogens is 305 g/mol. The average Bonchev–Trinajstić information content (AvgIpc) is 1.76. The molecule has 0 N–H and O–H groups in total. The Labute approximate surface area is 85.4 Å². The fraction of sp³-hybridized carbons (Fsp3) is 0.750. The Morgan fingerprint density at radius 1 is 0.667 bits per heavy atom. The second-order valence-electron chi connectivity index (χ2n) is 2.62. The van der Waals surface area contributed by atoms with Crippen LogP contribution in [0.15, 0.2) is 0 Å². The summed E-state index contributed by atoms with van der Waals surface area (Å²) in [5, 5.41) is 0. The van der Waals surface area contributed by atoms with Crippen molar-refractivity contribution in [2.45, 2.75) is 18.2 Å². The molecule has 0 fully saturated rings. The van der Waals surface area contributed by atoms with Gasteiger partial charge >= 0.3 is 84.6 Å². The van der Waals surface area contributed by atoms with Crippen molar-refractivity contribution in [3.8, 4) is 4.51 Å². The molecule has 0 nitrogen and oxygen atoms in total. The second kappa shape index (κ2) is 3.66. The van der Waals surface area contributed by atoms with Gasteiger partial charge in [-0.05, 0) is 0 Å². The van der Waals surface area contributed by atoms with Gasteiger partial charge in [0.25, 0.3) is 0 Å². The Hall–Kier alpha value is -0.227. The summed E-state index contributed by atoms with van der Waals surface area (Å²) >= 11 is 0.444. The minimum absolute atomic E-state index is 0.260. The first-order valence-corrected chi connectivity index (χ1v) is 4.02. The summed E-state index contributed by atoms with van der Waals surface area (Å²) in [6.45, 7) is 0. The van der Waals surface area contributed by atoms with Crippen LogP contribution in [0.1, 0.15) is 0 Å². The van der Waals surface area contributed by atoms with Crippen LogP contribution in [0, 0.1) is 4.51 Å². The average molecular weight is 305 g/mol. The van der Waals surface area contributed by atoms with Crippen LogP contribution in [0.25, 0.3) is 0 Å². The first-order chi connectivity index (χ1) is 6.31. The first-order valence-electron chi connectivity index (χ1n) is 3.08. The first kappa shape index (κ1) is 14.8. The van der Waals surface area contributed by atoms with Crippen molar-refractivity contribution in [3.05, 3.63) is 0 Å². The molecule has 0 heterocycles. The molecule has 0 bridgehead atoms. The van der Waals surface area contributed by atoms with Gasteiger partial charge in [0.1, 0.15) is 0 Å². The normalized spacial score (nSPS) is 14.9. The van der Waals surface area contributed by atoms with Crippen molar-refractivity contribution in [2.75, 3.05) is 0 Å². The van der Waals surface area contributed by atoms with Crippen LogP contribution in [0.4, 0.5) is 39.5 Å². The standard InChI is InChI=1S/C4AsBF9/c5-1-6(2(7,8)9,3(10,11)12)4(13,14)15/q-1. The predicted octanol–water partition coefficient (Wildman–Crippen LogP) is 2.41. The maximum atomic E-state index is 11.9. The molecule has 0 saturated carbocycles. The molecule has 0 aromatic heterocycles. The Morgan fingerprint density at radius 3 is 0.867 bits per heavy atom. The number of halogens is 9. The Bertz CT molecular complexity index is 240. The zero-order chi connectivity index (χ0) is 12.7. The van der Waals surface area contributed by atoms with Gasteiger partial charge in [-0.15, -0.1) is 0 Å². The van der Waals surface area contributed by atoms with Crippen molar-refractivity contribution in [1.82, 2.24) is 0 Å². The van der Waals surface area contributed by atoms with Gasteiger partial charge in [0.15, 0.2) is 0 Å². The van der Waals surface area contributed by atoms with Crippen LogP contribution in [-0.2, 0) is 0 Å². The van der Waals surface area contributed by atoms with E-state index in [-0.39, 0.29) is 4.51 Å². The molecule has 0 rings (SSSR count). The predicted molar refractivity (Wildman–Crippen MR) is 33.6 cm³/mol. The SMILES string of the molecule is FC(F)(F)[B-](C#[As])(C(F)(F)F)C(F)(F)F. The molecular formula is C4AsBF9-. The Morgan fingerprint density at radius 2 is 0.867 bits per heavy atom. The summed E-state index contributed by atoms with van der Waals surface area (Å²) in [6, 6.07) is 0. The maximum absolute atomic E-state index is 11.9. The van der Waals surface area contributed by atoms with E-state index < -0.39 is 24.4 Å². The summed E-state index contributed by atoms with van der Waals surface area (Å²) in [4.78, 5) is 0. The summed E-state index contributed by atoms with van der Waals surface area (Å²) in [7, 11) is 0. The molecule has 88 valence electrons. The van der Waals surface area contributed by atoms with Gasteiger partial charge in [0.05, 0.1) is 0 Å². The summed E-state index contributed by atoms with van der Waals surface area (Å²) in [6.07, 6.45) is -26.1. The molecule has 0 aromatic carbocycles. The van der Waals surface area contributed by atoms with Crippen LogP contribution in [0.3, 0.4) is 0 Å². The van der Waals surface area contributed by atoms with E-state index in [1.807, 2.05) is 0 Å². The number of hydrogen-bond donors (Lipinski definition) is 0. The molecule has 0 amide bonds. The molecule has 0 unspecified atom stereocenters. The van der Waals surface area contributed by atoms with Crippen molar-refractivity contribution >= 4 is 22.4 Å². The molecule has 0 saturated heterocycles. The molecule has 0 radical (unpaired) electrons. The van der Waals surface area contributed by atoms with E-state index in [1.54, 1.807) is 0 Å². The molecule has 0 aliphatic carbocycles. The fourth-order valence-corrected chi connectivity index (χ4v) is 1.70. The van der Waals surface area contributed by atoms with E-state index >= 15 is 0 Å².